The minimum absolute atomic E-state index is 0.0150. The fraction of sp³-hybridized carbons (Fsp3) is 0.474. The number of rotatable bonds is 6. The van der Waals surface area contributed by atoms with Crippen LogP contribution in [0.15, 0.2) is 36.7 Å². The molecule has 1 saturated carbocycles. The molecule has 1 aromatic heterocycles. The van der Waals surface area contributed by atoms with Gasteiger partial charge in [0.15, 0.2) is 9.84 Å². The lowest BCUT2D eigenvalue weighted by Crippen LogP contribution is -2.41. The highest BCUT2D eigenvalue weighted by atomic mass is 32.2. The van der Waals surface area contributed by atoms with E-state index in [1.54, 1.807) is 30.5 Å². The van der Waals surface area contributed by atoms with E-state index < -0.39 is 15.9 Å². The number of carbonyl (C=O) groups excluding carboxylic acids is 1. The Bertz CT molecular complexity index is 949. The molecule has 1 saturated heterocycles. The first-order valence-corrected chi connectivity index (χ1v) is 11.1. The number of imidazole rings is 1. The number of benzene rings is 1. The van der Waals surface area contributed by atoms with Gasteiger partial charge in [-0.15, -0.1) is 0 Å². The van der Waals surface area contributed by atoms with E-state index in [4.69, 9.17) is 4.74 Å². The maximum Gasteiger partial charge on any atom is 0.255 e. The van der Waals surface area contributed by atoms with Crippen LogP contribution >= 0.6 is 0 Å². The molecule has 4 rings (SSSR count). The number of nitrogens with one attached hydrogen (secondary N) is 1. The van der Waals surface area contributed by atoms with Gasteiger partial charge in [0.25, 0.3) is 5.91 Å². The van der Waals surface area contributed by atoms with E-state index in [1.807, 2.05) is 17.7 Å². The predicted molar refractivity (Wildman–Crippen MR) is 101 cm³/mol. The zero-order chi connectivity index (χ0) is 19.0. The molecule has 0 radical (unpaired) electrons. The molecule has 1 aromatic carbocycles. The van der Waals surface area contributed by atoms with Crippen LogP contribution in [0.25, 0.3) is 0 Å². The Morgan fingerprint density at radius 1 is 1.30 bits per heavy atom. The number of sulfone groups is 1. The van der Waals surface area contributed by atoms with Gasteiger partial charge in [0, 0.05) is 18.3 Å². The summed E-state index contributed by atoms with van der Waals surface area (Å²) >= 11 is 0. The molecule has 0 unspecified atom stereocenters. The molecule has 8 heteroatoms. The van der Waals surface area contributed by atoms with Crippen molar-refractivity contribution in [2.75, 3.05) is 18.1 Å². The Morgan fingerprint density at radius 2 is 2.07 bits per heavy atom. The van der Waals surface area contributed by atoms with Crippen molar-refractivity contribution in [3.05, 3.63) is 48.0 Å². The van der Waals surface area contributed by atoms with Crippen molar-refractivity contribution in [2.45, 2.75) is 37.8 Å². The van der Waals surface area contributed by atoms with Gasteiger partial charge >= 0.3 is 0 Å². The van der Waals surface area contributed by atoms with Gasteiger partial charge in [-0.2, -0.15) is 0 Å². The van der Waals surface area contributed by atoms with Crippen LogP contribution in [-0.4, -0.2) is 48.0 Å². The molecule has 0 bridgehead atoms. The first-order valence-electron chi connectivity index (χ1n) is 9.24. The highest BCUT2D eigenvalue weighted by Crippen LogP contribution is 2.41. The number of ether oxygens (including phenoxy) is 1. The number of hydrogen-bond acceptors (Lipinski definition) is 5. The van der Waals surface area contributed by atoms with Crippen molar-refractivity contribution in [2.24, 2.45) is 0 Å². The maximum atomic E-state index is 12.8. The molecule has 2 fully saturated rings. The summed E-state index contributed by atoms with van der Waals surface area (Å²) in [5.41, 5.74) is 0.412. The average molecular weight is 389 g/mol. The van der Waals surface area contributed by atoms with Crippen molar-refractivity contribution < 1.29 is 17.9 Å². The van der Waals surface area contributed by atoms with Crippen LogP contribution in [0.3, 0.4) is 0 Å². The Hall–Kier alpha value is -2.35. The quantitative estimate of drug-likeness (QED) is 0.815. The number of hydrogen-bond donors (Lipinski definition) is 1. The number of amides is 1. The van der Waals surface area contributed by atoms with Gasteiger partial charge in [-0.1, -0.05) is 12.1 Å². The van der Waals surface area contributed by atoms with Gasteiger partial charge in [-0.3, -0.25) is 4.79 Å². The SMILES string of the molecule is CCOc1ccccc1C(=O)N[C@H]1CS(=O)(=O)C[C@H]1n1ccnc1C1CC1. The van der Waals surface area contributed by atoms with Crippen LogP contribution < -0.4 is 10.1 Å². The second-order valence-electron chi connectivity index (χ2n) is 7.12. The van der Waals surface area contributed by atoms with Crippen molar-refractivity contribution in [1.29, 1.82) is 0 Å². The van der Waals surface area contributed by atoms with E-state index in [9.17, 15) is 13.2 Å². The van der Waals surface area contributed by atoms with Crippen LogP contribution in [0.2, 0.25) is 0 Å². The normalized spacial score (nSPS) is 23.9. The summed E-state index contributed by atoms with van der Waals surface area (Å²) in [5, 5.41) is 2.93. The summed E-state index contributed by atoms with van der Waals surface area (Å²) in [5.74, 6) is 1.45. The second-order valence-corrected chi connectivity index (χ2v) is 9.27. The lowest BCUT2D eigenvalue weighted by atomic mass is 10.1. The highest BCUT2D eigenvalue weighted by Gasteiger charge is 2.42. The summed E-state index contributed by atoms with van der Waals surface area (Å²) in [6.07, 6.45) is 5.69. The fourth-order valence-corrected chi connectivity index (χ4v) is 5.59. The van der Waals surface area contributed by atoms with Crippen LogP contribution in [0, 0.1) is 0 Å². The van der Waals surface area contributed by atoms with Crippen LogP contribution in [0.1, 0.15) is 47.9 Å². The molecule has 1 aliphatic heterocycles. The third-order valence-corrected chi connectivity index (χ3v) is 6.79. The molecule has 2 aromatic rings. The Kier molecular flexibility index (Phi) is 4.67. The monoisotopic (exact) mass is 389 g/mol. The van der Waals surface area contributed by atoms with Gasteiger partial charge in [-0.05, 0) is 31.9 Å². The van der Waals surface area contributed by atoms with E-state index in [1.165, 1.54) is 0 Å². The van der Waals surface area contributed by atoms with E-state index in [0.29, 0.717) is 23.8 Å². The second kappa shape index (κ2) is 6.99. The Morgan fingerprint density at radius 3 is 2.81 bits per heavy atom. The zero-order valence-electron chi connectivity index (χ0n) is 15.2. The number of nitrogens with zero attached hydrogens (tertiary/aromatic N) is 2. The Balaban J connectivity index is 1.59. The molecule has 2 atom stereocenters. The largest absolute Gasteiger partial charge is 0.493 e. The van der Waals surface area contributed by atoms with Gasteiger partial charge in [0.1, 0.15) is 11.6 Å². The van der Waals surface area contributed by atoms with Crippen LogP contribution in [-0.2, 0) is 9.84 Å². The Labute approximate surface area is 158 Å². The molecule has 144 valence electrons. The third kappa shape index (κ3) is 3.71. The molecule has 27 heavy (non-hydrogen) atoms. The molecule has 1 aliphatic carbocycles. The van der Waals surface area contributed by atoms with E-state index in [2.05, 4.69) is 10.3 Å². The van der Waals surface area contributed by atoms with Crippen molar-refractivity contribution in [3.63, 3.8) is 0 Å². The van der Waals surface area contributed by atoms with Gasteiger partial charge in [0.05, 0.1) is 35.8 Å². The summed E-state index contributed by atoms with van der Waals surface area (Å²) < 4.78 is 32.1. The minimum atomic E-state index is -3.24. The summed E-state index contributed by atoms with van der Waals surface area (Å²) in [6, 6.07) is 6.16. The molecular formula is C19H23N3O4S. The first-order chi connectivity index (χ1) is 13.0. The van der Waals surface area contributed by atoms with Crippen molar-refractivity contribution in [1.82, 2.24) is 14.9 Å². The number of para-hydroxylation sites is 1. The van der Waals surface area contributed by atoms with Crippen molar-refractivity contribution in [3.8, 4) is 5.75 Å². The molecule has 1 N–H and O–H groups in total. The first kappa shape index (κ1) is 18.0. The molecule has 2 aliphatic rings. The number of carbonyl (C=O) groups is 1. The van der Waals surface area contributed by atoms with Gasteiger partial charge in [-0.25, -0.2) is 13.4 Å². The summed E-state index contributed by atoms with van der Waals surface area (Å²) in [7, 11) is -3.24. The van der Waals surface area contributed by atoms with Gasteiger partial charge in [0.2, 0.25) is 0 Å². The topological polar surface area (TPSA) is 90.3 Å². The van der Waals surface area contributed by atoms with E-state index >= 15 is 0 Å². The zero-order valence-corrected chi connectivity index (χ0v) is 16.0. The van der Waals surface area contributed by atoms with Crippen LogP contribution in [0.5, 0.6) is 5.75 Å². The predicted octanol–water partition coefficient (Wildman–Crippen LogP) is 1.93. The standard InChI is InChI=1S/C19H23N3O4S/c1-2-26-17-6-4-3-5-14(17)19(23)21-15-11-27(24,25)12-16(15)22-10-9-20-18(22)13-7-8-13/h3-6,9-10,13,15-16H,2,7-8,11-12H2,1H3,(H,21,23)/t15-,16+/m0/s1. The van der Waals surface area contributed by atoms with Gasteiger partial charge < -0.3 is 14.6 Å². The molecule has 7 nitrogen and oxygen atoms in total. The highest BCUT2D eigenvalue weighted by molar-refractivity contribution is 7.91. The molecular weight excluding hydrogens is 366 g/mol. The fourth-order valence-electron chi connectivity index (χ4n) is 3.69. The molecule has 1 amide bonds. The lowest BCUT2D eigenvalue weighted by Gasteiger charge is -2.23. The summed E-state index contributed by atoms with van der Waals surface area (Å²) in [6.45, 7) is 2.30. The average Bonchev–Trinajstić information content (AvgIpc) is 3.28. The number of aromatic nitrogens is 2. The molecule has 2 heterocycles. The van der Waals surface area contributed by atoms with Crippen molar-refractivity contribution >= 4 is 15.7 Å². The summed E-state index contributed by atoms with van der Waals surface area (Å²) in [4.78, 5) is 17.3. The van der Waals surface area contributed by atoms with E-state index in [-0.39, 0.29) is 23.5 Å². The maximum absolute atomic E-state index is 12.8. The smallest absolute Gasteiger partial charge is 0.255 e. The van der Waals surface area contributed by atoms with E-state index in [0.717, 1.165) is 18.7 Å². The minimum Gasteiger partial charge on any atom is -0.493 e. The molecule has 0 spiro atoms. The third-order valence-electron chi connectivity index (χ3n) is 5.07. The van der Waals surface area contributed by atoms with Crippen LogP contribution in [0.4, 0.5) is 0 Å². The lowest BCUT2D eigenvalue weighted by molar-refractivity contribution is 0.0928.